The molecule has 1 unspecified atom stereocenters. The van der Waals surface area contributed by atoms with Crippen molar-refractivity contribution in [1.29, 1.82) is 0 Å². The van der Waals surface area contributed by atoms with E-state index < -0.39 is 11.9 Å². The van der Waals surface area contributed by atoms with Crippen LogP contribution in [0.5, 0.6) is 0 Å². The maximum Gasteiger partial charge on any atom is 0.394 e. The lowest BCUT2D eigenvalue weighted by molar-refractivity contribution is -0.149. The second-order valence-electron chi connectivity index (χ2n) is 4.06. The molecule has 4 nitrogen and oxygen atoms in total. The van der Waals surface area contributed by atoms with Crippen molar-refractivity contribution in [2.45, 2.75) is 24.8 Å². The fourth-order valence-electron chi connectivity index (χ4n) is 1.97. The van der Waals surface area contributed by atoms with Crippen molar-refractivity contribution in [1.82, 2.24) is 0 Å². The van der Waals surface area contributed by atoms with Gasteiger partial charge in [-0.05, 0) is 25.5 Å². The summed E-state index contributed by atoms with van der Waals surface area (Å²) in [7, 11) is 0. The van der Waals surface area contributed by atoms with Crippen molar-refractivity contribution in [2.24, 2.45) is 0 Å². The molecule has 1 aliphatic rings. The molecule has 2 rings (SSSR count). The van der Waals surface area contributed by atoms with E-state index in [0.717, 1.165) is 21.9 Å². The number of carbonyl (C=O) groups is 2. The minimum atomic E-state index is -1.40. The number of carboxylic acid groups (broad SMARTS) is 1. The Morgan fingerprint density at radius 2 is 2.18 bits per heavy atom. The third kappa shape index (κ3) is 2.02. The number of carboxylic acids is 1. The zero-order chi connectivity index (χ0) is 12.6. The topological polar surface area (TPSA) is 57.6 Å². The molecule has 0 radical (unpaired) electrons. The Labute approximate surface area is 104 Å². The fraction of sp³-hybridized carbons (Fsp3) is 0.333. The molecule has 0 fully saturated rings. The molecule has 1 aromatic rings. The highest BCUT2D eigenvalue weighted by Crippen LogP contribution is 2.39. The standard InChI is InChI=1S/C12H13NO3S/c1-7-4-3-5-9-10(7)13(8(2)6-17-9)11(14)12(15)16/h3-5,8H,6H2,1-2H3,(H,15,16). The van der Waals surface area contributed by atoms with E-state index in [9.17, 15) is 9.59 Å². The van der Waals surface area contributed by atoms with E-state index in [1.807, 2.05) is 32.0 Å². The summed E-state index contributed by atoms with van der Waals surface area (Å²) in [5, 5.41) is 8.87. The van der Waals surface area contributed by atoms with E-state index in [1.165, 1.54) is 4.90 Å². The number of aliphatic carboxylic acids is 1. The second-order valence-corrected chi connectivity index (χ2v) is 5.12. The average Bonchev–Trinajstić information content (AvgIpc) is 2.29. The van der Waals surface area contributed by atoms with E-state index in [1.54, 1.807) is 11.8 Å². The molecule has 0 aliphatic carbocycles. The number of amides is 1. The predicted molar refractivity (Wildman–Crippen MR) is 66.5 cm³/mol. The minimum absolute atomic E-state index is 0.0998. The second kappa shape index (κ2) is 4.41. The number of benzene rings is 1. The quantitative estimate of drug-likeness (QED) is 0.716. The molecule has 1 aromatic carbocycles. The van der Waals surface area contributed by atoms with E-state index in [-0.39, 0.29) is 6.04 Å². The number of aryl methyl sites for hydroxylation is 1. The van der Waals surface area contributed by atoms with Gasteiger partial charge in [0.05, 0.1) is 5.69 Å². The molecule has 0 saturated heterocycles. The molecule has 1 N–H and O–H groups in total. The van der Waals surface area contributed by atoms with Gasteiger partial charge in [0, 0.05) is 16.7 Å². The molecule has 0 saturated carbocycles. The van der Waals surface area contributed by atoms with Gasteiger partial charge in [-0.15, -0.1) is 11.8 Å². The number of para-hydroxylation sites is 1. The predicted octanol–water partition coefficient (Wildman–Crippen LogP) is 1.91. The van der Waals surface area contributed by atoms with Crippen LogP contribution in [-0.4, -0.2) is 28.8 Å². The van der Waals surface area contributed by atoms with Crippen LogP contribution in [0, 0.1) is 6.92 Å². The Bertz CT molecular complexity index is 487. The SMILES string of the molecule is Cc1cccc2c1N(C(=O)C(=O)O)C(C)CS2. The lowest BCUT2D eigenvalue weighted by Crippen LogP contribution is -2.46. The van der Waals surface area contributed by atoms with Gasteiger partial charge in [-0.2, -0.15) is 0 Å². The number of thioether (sulfide) groups is 1. The van der Waals surface area contributed by atoms with Gasteiger partial charge in [0.2, 0.25) is 0 Å². The summed E-state index contributed by atoms with van der Waals surface area (Å²) in [5.41, 5.74) is 1.67. The van der Waals surface area contributed by atoms with E-state index in [2.05, 4.69) is 0 Å². The lowest BCUT2D eigenvalue weighted by Gasteiger charge is -2.34. The first-order chi connectivity index (χ1) is 8.02. The summed E-state index contributed by atoms with van der Waals surface area (Å²) in [6.07, 6.45) is 0. The highest BCUT2D eigenvalue weighted by atomic mass is 32.2. The summed E-state index contributed by atoms with van der Waals surface area (Å²) in [6, 6.07) is 5.62. The number of hydrogen-bond acceptors (Lipinski definition) is 3. The Morgan fingerprint density at radius 3 is 2.82 bits per heavy atom. The number of hydrogen-bond donors (Lipinski definition) is 1. The molecule has 0 bridgehead atoms. The molecule has 90 valence electrons. The summed E-state index contributed by atoms with van der Waals surface area (Å²) in [6.45, 7) is 3.75. The van der Waals surface area contributed by atoms with Crippen molar-refractivity contribution >= 4 is 29.3 Å². The van der Waals surface area contributed by atoms with Gasteiger partial charge in [0.15, 0.2) is 0 Å². The van der Waals surface area contributed by atoms with Crippen molar-refractivity contribution in [2.75, 3.05) is 10.7 Å². The summed E-state index contributed by atoms with van der Waals surface area (Å²) < 4.78 is 0. The maximum absolute atomic E-state index is 11.7. The molecule has 1 atom stereocenters. The summed E-state index contributed by atoms with van der Waals surface area (Å²) in [4.78, 5) is 25.0. The first kappa shape index (κ1) is 12.0. The van der Waals surface area contributed by atoms with Gasteiger partial charge < -0.3 is 5.11 Å². The number of rotatable bonds is 0. The van der Waals surface area contributed by atoms with Crippen LogP contribution in [0.4, 0.5) is 5.69 Å². The Balaban J connectivity index is 2.53. The van der Waals surface area contributed by atoms with Crippen LogP contribution in [0.3, 0.4) is 0 Å². The molecular weight excluding hydrogens is 238 g/mol. The van der Waals surface area contributed by atoms with Crippen LogP contribution >= 0.6 is 11.8 Å². The Hall–Kier alpha value is -1.49. The van der Waals surface area contributed by atoms with Crippen molar-refractivity contribution in [3.8, 4) is 0 Å². The number of carbonyl (C=O) groups excluding carboxylic acids is 1. The monoisotopic (exact) mass is 251 g/mol. The minimum Gasteiger partial charge on any atom is -0.474 e. The first-order valence-electron chi connectivity index (χ1n) is 5.31. The maximum atomic E-state index is 11.7. The molecule has 17 heavy (non-hydrogen) atoms. The molecule has 0 spiro atoms. The van der Waals surface area contributed by atoms with E-state index in [0.29, 0.717) is 0 Å². The largest absolute Gasteiger partial charge is 0.474 e. The highest BCUT2D eigenvalue weighted by molar-refractivity contribution is 7.99. The van der Waals surface area contributed by atoms with Gasteiger partial charge in [-0.3, -0.25) is 9.69 Å². The van der Waals surface area contributed by atoms with Gasteiger partial charge in [-0.1, -0.05) is 12.1 Å². The highest BCUT2D eigenvalue weighted by Gasteiger charge is 2.33. The third-order valence-electron chi connectivity index (χ3n) is 2.76. The Kier molecular flexibility index (Phi) is 3.11. The van der Waals surface area contributed by atoms with Crippen LogP contribution in [0.1, 0.15) is 12.5 Å². The van der Waals surface area contributed by atoms with E-state index in [4.69, 9.17) is 5.11 Å². The molecule has 1 aliphatic heterocycles. The van der Waals surface area contributed by atoms with Gasteiger partial charge in [-0.25, -0.2) is 4.79 Å². The van der Waals surface area contributed by atoms with Crippen molar-refractivity contribution in [3.63, 3.8) is 0 Å². The number of anilines is 1. The third-order valence-corrected chi connectivity index (χ3v) is 4.05. The molecule has 0 aromatic heterocycles. The summed E-state index contributed by atoms with van der Waals surface area (Å²) >= 11 is 1.66. The zero-order valence-electron chi connectivity index (χ0n) is 9.64. The Morgan fingerprint density at radius 1 is 1.47 bits per heavy atom. The summed E-state index contributed by atoms with van der Waals surface area (Å²) in [5.74, 6) is -1.54. The zero-order valence-corrected chi connectivity index (χ0v) is 10.5. The smallest absolute Gasteiger partial charge is 0.394 e. The van der Waals surface area contributed by atoms with Crippen LogP contribution < -0.4 is 4.90 Å². The first-order valence-corrected chi connectivity index (χ1v) is 6.30. The van der Waals surface area contributed by atoms with Gasteiger partial charge >= 0.3 is 11.9 Å². The van der Waals surface area contributed by atoms with E-state index >= 15 is 0 Å². The normalized spacial score (nSPS) is 18.7. The molecular formula is C12H13NO3S. The van der Waals surface area contributed by atoms with Crippen molar-refractivity contribution in [3.05, 3.63) is 23.8 Å². The fourth-order valence-corrected chi connectivity index (χ4v) is 3.11. The number of nitrogens with zero attached hydrogens (tertiary/aromatic N) is 1. The molecule has 1 heterocycles. The van der Waals surface area contributed by atoms with Crippen LogP contribution in [0.25, 0.3) is 0 Å². The van der Waals surface area contributed by atoms with Gasteiger partial charge in [0.25, 0.3) is 0 Å². The molecule has 1 amide bonds. The lowest BCUT2D eigenvalue weighted by atomic mass is 10.1. The van der Waals surface area contributed by atoms with Crippen LogP contribution in [-0.2, 0) is 9.59 Å². The van der Waals surface area contributed by atoms with Crippen LogP contribution in [0.2, 0.25) is 0 Å². The van der Waals surface area contributed by atoms with Crippen LogP contribution in [0.15, 0.2) is 23.1 Å². The number of fused-ring (bicyclic) bond motifs is 1. The molecule has 5 heteroatoms. The van der Waals surface area contributed by atoms with Gasteiger partial charge in [0.1, 0.15) is 0 Å². The van der Waals surface area contributed by atoms with Crippen molar-refractivity contribution < 1.29 is 14.7 Å². The average molecular weight is 251 g/mol.